The second-order valence-corrected chi connectivity index (χ2v) is 6.71. The fraction of sp³-hybridized carbons (Fsp3) is 0.500. The van der Waals surface area contributed by atoms with Gasteiger partial charge in [0, 0.05) is 5.69 Å². The summed E-state index contributed by atoms with van der Waals surface area (Å²) >= 11 is 0. The van der Waals surface area contributed by atoms with Crippen LogP contribution in [0.4, 0.5) is 10.5 Å². The standard InChI is InChI=1S/C22H31NO2/c1-2-3-12-19-14-11-15-20(19)13-7-4-5-10-18-25-22(24)23-21-16-8-6-9-17-21/h2-3,6-9,13,16-17,19-20H,4-5,10-12,14-15,18H2,1H3,(H,23,24)/b3-2+,13-7+. The molecular weight excluding hydrogens is 310 g/mol. The zero-order valence-electron chi connectivity index (χ0n) is 15.3. The van der Waals surface area contributed by atoms with Crippen LogP contribution in [0.15, 0.2) is 54.6 Å². The first-order valence-electron chi connectivity index (χ1n) is 9.56. The number of para-hydroxylation sites is 1. The van der Waals surface area contributed by atoms with E-state index in [9.17, 15) is 4.79 Å². The monoisotopic (exact) mass is 341 g/mol. The van der Waals surface area contributed by atoms with Crippen molar-refractivity contribution in [3.8, 4) is 0 Å². The van der Waals surface area contributed by atoms with Crippen molar-refractivity contribution in [2.45, 2.75) is 51.9 Å². The predicted molar refractivity (Wildman–Crippen MR) is 105 cm³/mol. The Morgan fingerprint density at radius 2 is 2.04 bits per heavy atom. The van der Waals surface area contributed by atoms with Crippen LogP contribution in [0.1, 0.15) is 51.9 Å². The van der Waals surface area contributed by atoms with E-state index < -0.39 is 0 Å². The smallest absolute Gasteiger partial charge is 0.411 e. The molecule has 1 aromatic rings. The van der Waals surface area contributed by atoms with E-state index in [1.54, 1.807) is 0 Å². The molecule has 0 spiro atoms. The number of rotatable bonds is 9. The fourth-order valence-corrected chi connectivity index (χ4v) is 3.40. The van der Waals surface area contributed by atoms with E-state index in [0.29, 0.717) is 6.61 Å². The number of amides is 1. The molecule has 1 aliphatic rings. The third-order valence-corrected chi connectivity index (χ3v) is 4.79. The molecule has 0 saturated heterocycles. The van der Waals surface area contributed by atoms with Crippen molar-refractivity contribution in [3.63, 3.8) is 0 Å². The molecule has 1 aliphatic carbocycles. The van der Waals surface area contributed by atoms with Crippen molar-refractivity contribution in [2.75, 3.05) is 11.9 Å². The number of benzene rings is 1. The minimum atomic E-state index is -0.375. The van der Waals surface area contributed by atoms with E-state index in [1.807, 2.05) is 30.3 Å². The number of carbonyl (C=O) groups excluding carboxylic acids is 1. The highest BCUT2D eigenvalue weighted by molar-refractivity contribution is 5.84. The van der Waals surface area contributed by atoms with Gasteiger partial charge >= 0.3 is 6.09 Å². The number of anilines is 1. The summed E-state index contributed by atoms with van der Waals surface area (Å²) in [7, 11) is 0. The van der Waals surface area contributed by atoms with Crippen LogP contribution in [0, 0.1) is 11.8 Å². The summed E-state index contributed by atoms with van der Waals surface area (Å²) in [6.45, 7) is 2.57. The van der Waals surface area contributed by atoms with E-state index in [1.165, 1.54) is 25.7 Å². The maximum atomic E-state index is 11.6. The molecule has 25 heavy (non-hydrogen) atoms. The summed E-state index contributed by atoms with van der Waals surface area (Å²) in [5.74, 6) is 1.58. The van der Waals surface area contributed by atoms with Crippen molar-refractivity contribution in [1.82, 2.24) is 0 Å². The molecule has 0 aliphatic heterocycles. The Bertz CT molecular complexity index is 550. The summed E-state index contributed by atoms with van der Waals surface area (Å²) in [4.78, 5) is 11.6. The Morgan fingerprint density at radius 1 is 1.20 bits per heavy atom. The van der Waals surface area contributed by atoms with Crippen LogP contribution in [0.25, 0.3) is 0 Å². The van der Waals surface area contributed by atoms with Gasteiger partial charge in [-0.2, -0.15) is 0 Å². The lowest BCUT2D eigenvalue weighted by Gasteiger charge is -2.13. The van der Waals surface area contributed by atoms with Crippen molar-refractivity contribution >= 4 is 11.8 Å². The first-order valence-corrected chi connectivity index (χ1v) is 9.56. The summed E-state index contributed by atoms with van der Waals surface area (Å²) in [6.07, 6.45) is 17.1. The van der Waals surface area contributed by atoms with Crippen molar-refractivity contribution in [2.24, 2.45) is 11.8 Å². The van der Waals surface area contributed by atoms with Crippen LogP contribution in [0.3, 0.4) is 0 Å². The van der Waals surface area contributed by atoms with Crippen LogP contribution in [0.2, 0.25) is 0 Å². The Morgan fingerprint density at radius 3 is 2.84 bits per heavy atom. The molecule has 2 atom stereocenters. The number of hydrogen-bond acceptors (Lipinski definition) is 2. The Balaban J connectivity index is 1.53. The van der Waals surface area contributed by atoms with Gasteiger partial charge in [-0.1, -0.05) is 48.9 Å². The molecule has 3 nitrogen and oxygen atoms in total. The molecule has 1 aromatic carbocycles. The van der Waals surface area contributed by atoms with Gasteiger partial charge in [-0.25, -0.2) is 4.79 Å². The van der Waals surface area contributed by atoms with Gasteiger partial charge in [0.15, 0.2) is 0 Å². The molecule has 2 unspecified atom stereocenters. The summed E-state index contributed by atoms with van der Waals surface area (Å²) in [6, 6.07) is 9.38. The highest BCUT2D eigenvalue weighted by atomic mass is 16.5. The summed E-state index contributed by atoms with van der Waals surface area (Å²) < 4.78 is 5.21. The average molecular weight is 341 g/mol. The first-order chi connectivity index (χ1) is 12.3. The molecule has 1 saturated carbocycles. The lowest BCUT2D eigenvalue weighted by Crippen LogP contribution is -2.14. The molecule has 0 radical (unpaired) electrons. The Hall–Kier alpha value is -2.03. The van der Waals surface area contributed by atoms with E-state index >= 15 is 0 Å². The summed E-state index contributed by atoms with van der Waals surface area (Å²) in [5, 5.41) is 2.72. The maximum Gasteiger partial charge on any atom is 0.411 e. The topological polar surface area (TPSA) is 38.3 Å². The van der Waals surface area contributed by atoms with Crippen LogP contribution >= 0.6 is 0 Å². The van der Waals surface area contributed by atoms with Crippen LogP contribution in [0.5, 0.6) is 0 Å². The zero-order valence-corrected chi connectivity index (χ0v) is 15.3. The fourth-order valence-electron chi connectivity index (χ4n) is 3.40. The lowest BCUT2D eigenvalue weighted by molar-refractivity contribution is 0.159. The SMILES string of the molecule is C/C=C/CC1CCCC1/C=C/CCCCOC(=O)Nc1ccccc1. The van der Waals surface area contributed by atoms with Crippen molar-refractivity contribution < 1.29 is 9.53 Å². The van der Waals surface area contributed by atoms with Gasteiger partial charge in [-0.15, -0.1) is 0 Å². The molecule has 1 amide bonds. The predicted octanol–water partition coefficient (Wildman–Crippen LogP) is 6.34. The number of allylic oxidation sites excluding steroid dienone is 4. The number of unbranched alkanes of at least 4 members (excludes halogenated alkanes) is 2. The number of nitrogens with one attached hydrogen (secondary N) is 1. The van der Waals surface area contributed by atoms with Gasteiger partial charge in [-0.3, -0.25) is 5.32 Å². The molecule has 3 heteroatoms. The van der Waals surface area contributed by atoms with Crippen molar-refractivity contribution in [1.29, 1.82) is 0 Å². The van der Waals surface area contributed by atoms with Gasteiger partial charge in [0.05, 0.1) is 6.61 Å². The normalized spacial score (nSPS) is 20.4. The van der Waals surface area contributed by atoms with Crippen molar-refractivity contribution in [3.05, 3.63) is 54.6 Å². The van der Waals surface area contributed by atoms with Gasteiger partial charge in [0.2, 0.25) is 0 Å². The molecule has 0 aromatic heterocycles. The van der Waals surface area contributed by atoms with E-state index in [4.69, 9.17) is 4.74 Å². The highest BCUT2D eigenvalue weighted by Crippen LogP contribution is 2.35. The Labute approximate surface area is 152 Å². The third-order valence-electron chi connectivity index (χ3n) is 4.79. The second-order valence-electron chi connectivity index (χ2n) is 6.71. The Kier molecular flexibility index (Phi) is 8.89. The zero-order chi connectivity index (χ0) is 17.7. The molecule has 1 fully saturated rings. The highest BCUT2D eigenvalue weighted by Gasteiger charge is 2.23. The van der Waals surface area contributed by atoms with Gasteiger partial charge < -0.3 is 4.74 Å². The minimum absolute atomic E-state index is 0.375. The number of ether oxygens (including phenoxy) is 1. The lowest BCUT2D eigenvalue weighted by atomic mass is 9.92. The first kappa shape index (κ1) is 19.3. The van der Waals surface area contributed by atoms with E-state index in [2.05, 4.69) is 36.5 Å². The third kappa shape index (κ3) is 7.59. The van der Waals surface area contributed by atoms with Crippen LogP contribution < -0.4 is 5.32 Å². The largest absolute Gasteiger partial charge is 0.449 e. The van der Waals surface area contributed by atoms with E-state index in [-0.39, 0.29) is 6.09 Å². The molecule has 2 rings (SSSR count). The second kappa shape index (κ2) is 11.5. The quantitative estimate of drug-likeness (QED) is 0.420. The van der Waals surface area contributed by atoms with Crippen LogP contribution in [-0.2, 0) is 4.74 Å². The molecule has 0 bridgehead atoms. The number of carbonyl (C=O) groups is 1. The molecule has 1 N–H and O–H groups in total. The van der Waals surface area contributed by atoms with Crippen LogP contribution in [-0.4, -0.2) is 12.7 Å². The average Bonchev–Trinajstić information content (AvgIpc) is 3.07. The summed E-state index contributed by atoms with van der Waals surface area (Å²) in [5.41, 5.74) is 0.763. The molecular formula is C22H31NO2. The maximum absolute atomic E-state index is 11.6. The van der Waals surface area contributed by atoms with Gasteiger partial charge in [0.1, 0.15) is 0 Å². The minimum Gasteiger partial charge on any atom is -0.449 e. The molecule has 0 heterocycles. The van der Waals surface area contributed by atoms with Gasteiger partial charge in [-0.05, 0) is 69.4 Å². The van der Waals surface area contributed by atoms with E-state index in [0.717, 1.165) is 36.8 Å². The number of hydrogen-bond donors (Lipinski definition) is 1. The molecule has 136 valence electrons. The van der Waals surface area contributed by atoms with Gasteiger partial charge in [0.25, 0.3) is 0 Å².